The molecule has 0 saturated carbocycles. The highest BCUT2D eigenvalue weighted by molar-refractivity contribution is 5.84. The van der Waals surface area contributed by atoms with Crippen LogP contribution in [0.2, 0.25) is 0 Å². The van der Waals surface area contributed by atoms with Gasteiger partial charge < -0.3 is 10.3 Å². The van der Waals surface area contributed by atoms with E-state index in [1.54, 1.807) is 6.07 Å². The summed E-state index contributed by atoms with van der Waals surface area (Å²) in [4.78, 5) is 31.9. The van der Waals surface area contributed by atoms with Crippen LogP contribution in [0.25, 0.3) is 21.9 Å². The number of aromatic nitrogens is 3. The zero-order valence-electron chi connectivity index (χ0n) is 16.5. The van der Waals surface area contributed by atoms with E-state index in [-0.39, 0.29) is 17.6 Å². The minimum Gasteiger partial charge on any atom is -0.361 e. The molecule has 4 aromatic rings. The Bertz CT molecular complexity index is 1320. The van der Waals surface area contributed by atoms with E-state index in [4.69, 9.17) is 0 Å². The van der Waals surface area contributed by atoms with Crippen molar-refractivity contribution in [1.29, 1.82) is 0 Å². The zero-order chi connectivity index (χ0) is 22.2. The summed E-state index contributed by atoms with van der Waals surface area (Å²) in [5.74, 6) is -0.550. The quantitative estimate of drug-likeness (QED) is 0.507. The van der Waals surface area contributed by atoms with E-state index in [0.717, 1.165) is 21.0 Å². The maximum Gasteiger partial charge on any atom is 0.438 e. The summed E-state index contributed by atoms with van der Waals surface area (Å²) in [6.07, 6.45) is -2.53. The van der Waals surface area contributed by atoms with Gasteiger partial charge in [0, 0.05) is 23.6 Å². The number of alkyl halides is 3. The predicted molar refractivity (Wildman–Crippen MR) is 111 cm³/mol. The molecule has 2 aromatic heterocycles. The molecular weight excluding hydrogens is 409 g/mol. The first-order valence-corrected chi connectivity index (χ1v) is 9.68. The van der Waals surface area contributed by atoms with Crippen LogP contribution < -0.4 is 10.9 Å². The summed E-state index contributed by atoms with van der Waals surface area (Å²) in [6, 6.07) is 12.5. The van der Waals surface area contributed by atoms with Gasteiger partial charge in [0.25, 0.3) is 5.56 Å². The lowest BCUT2D eigenvalue weighted by atomic mass is 10.1. The topological polar surface area (TPSA) is 79.8 Å². The van der Waals surface area contributed by atoms with Gasteiger partial charge in [0.05, 0.1) is 11.0 Å². The first kappa shape index (κ1) is 20.6. The number of halogens is 3. The normalized spacial score (nSPS) is 12.9. The van der Waals surface area contributed by atoms with Crippen LogP contribution in [0.5, 0.6) is 0 Å². The van der Waals surface area contributed by atoms with Gasteiger partial charge in [-0.3, -0.25) is 14.2 Å². The van der Waals surface area contributed by atoms with E-state index >= 15 is 0 Å². The van der Waals surface area contributed by atoms with Gasteiger partial charge in [0.2, 0.25) is 11.6 Å². The highest BCUT2D eigenvalue weighted by Crippen LogP contribution is 2.27. The number of hydrogen-bond donors (Lipinski definition) is 2. The van der Waals surface area contributed by atoms with Crippen LogP contribution in [0, 0.1) is 0 Å². The molecule has 2 aromatic carbocycles. The monoisotopic (exact) mass is 428 g/mol. The third kappa shape index (κ3) is 3.90. The second-order valence-corrected chi connectivity index (χ2v) is 7.20. The molecule has 1 atom stereocenters. The number of hydrogen-bond acceptors (Lipinski definition) is 3. The molecule has 1 unspecified atom stereocenters. The first-order chi connectivity index (χ1) is 14.8. The van der Waals surface area contributed by atoms with Crippen molar-refractivity contribution >= 4 is 27.8 Å². The molecule has 0 fully saturated rings. The minimum atomic E-state index is -4.92. The standard InChI is InChI=1S/C22H19F3N4O2/c1-13(20(30)26-11-10-14-12-27-16-7-3-2-6-15(14)16)29-18-9-5-4-8-17(18)28-19(21(29)31)22(23,24)25/h2-9,12-13,27H,10-11H2,1H3,(H,26,30). The summed E-state index contributed by atoms with van der Waals surface area (Å²) in [5.41, 5.74) is -0.733. The Morgan fingerprint density at radius 3 is 2.65 bits per heavy atom. The average molecular weight is 428 g/mol. The number of fused-ring (bicyclic) bond motifs is 2. The van der Waals surface area contributed by atoms with Gasteiger partial charge in [-0.15, -0.1) is 0 Å². The van der Waals surface area contributed by atoms with Crippen molar-refractivity contribution in [3.05, 3.63) is 76.3 Å². The molecular formula is C22H19F3N4O2. The van der Waals surface area contributed by atoms with Gasteiger partial charge in [-0.2, -0.15) is 13.2 Å². The van der Waals surface area contributed by atoms with Crippen molar-refractivity contribution in [1.82, 2.24) is 19.9 Å². The molecule has 0 aliphatic carbocycles. The highest BCUT2D eigenvalue weighted by Gasteiger charge is 2.38. The Morgan fingerprint density at radius 2 is 1.87 bits per heavy atom. The number of aromatic amines is 1. The summed E-state index contributed by atoms with van der Waals surface area (Å²) in [5, 5.41) is 3.76. The molecule has 4 rings (SSSR count). The van der Waals surface area contributed by atoms with Crippen LogP contribution in [-0.2, 0) is 17.4 Å². The maximum atomic E-state index is 13.3. The zero-order valence-corrected chi connectivity index (χ0v) is 16.5. The van der Waals surface area contributed by atoms with E-state index in [1.807, 2.05) is 30.5 Å². The lowest BCUT2D eigenvalue weighted by Crippen LogP contribution is -2.39. The van der Waals surface area contributed by atoms with Gasteiger partial charge in [0.1, 0.15) is 6.04 Å². The molecule has 2 N–H and O–H groups in total. The molecule has 2 heterocycles. The molecule has 0 saturated heterocycles. The second-order valence-electron chi connectivity index (χ2n) is 7.20. The molecule has 9 heteroatoms. The molecule has 0 bridgehead atoms. The Morgan fingerprint density at radius 1 is 1.16 bits per heavy atom. The van der Waals surface area contributed by atoms with Gasteiger partial charge in [-0.05, 0) is 37.1 Å². The number of nitrogens with one attached hydrogen (secondary N) is 2. The number of nitrogens with zero attached hydrogens (tertiary/aromatic N) is 2. The number of carbonyl (C=O) groups excluding carboxylic acids is 1. The fourth-order valence-electron chi connectivity index (χ4n) is 3.65. The Hall–Kier alpha value is -3.62. The fraction of sp³-hybridized carbons (Fsp3) is 0.227. The smallest absolute Gasteiger partial charge is 0.361 e. The number of para-hydroxylation sites is 3. The molecule has 0 spiro atoms. The van der Waals surface area contributed by atoms with Crippen molar-refractivity contribution in [2.45, 2.75) is 25.6 Å². The highest BCUT2D eigenvalue weighted by atomic mass is 19.4. The average Bonchev–Trinajstić information content (AvgIpc) is 3.15. The third-order valence-electron chi connectivity index (χ3n) is 5.20. The molecule has 0 aliphatic heterocycles. The predicted octanol–water partition coefficient (Wildman–Crippen LogP) is 3.82. The number of amides is 1. The molecule has 31 heavy (non-hydrogen) atoms. The third-order valence-corrected chi connectivity index (χ3v) is 5.20. The number of benzene rings is 2. The van der Waals surface area contributed by atoms with E-state index in [1.165, 1.54) is 25.1 Å². The molecule has 6 nitrogen and oxygen atoms in total. The number of rotatable bonds is 5. The minimum absolute atomic E-state index is 0.00660. The summed E-state index contributed by atoms with van der Waals surface area (Å²) in [6.45, 7) is 1.67. The molecule has 1 amide bonds. The Balaban J connectivity index is 1.58. The van der Waals surface area contributed by atoms with E-state index < -0.39 is 29.4 Å². The fourth-order valence-corrected chi connectivity index (χ4v) is 3.65. The van der Waals surface area contributed by atoms with E-state index in [0.29, 0.717) is 6.42 Å². The van der Waals surface area contributed by atoms with Gasteiger partial charge in [-0.25, -0.2) is 4.98 Å². The molecule has 160 valence electrons. The van der Waals surface area contributed by atoms with Crippen molar-refractivity contribution in [3.63, 3.8) is 0 Å². The molecule has 0 aliphatic rings. The Kier molecular flexibility index (Phi) is 5.26. The lowest BCUT2D eigenvalue weighted by molar-refractivity contribution is -0.142. The summed E-state index contributed by atoms with van der Waals surface area (Å²) >= 11 is 0. The van der Waals surface area contributed by atoms with Crippen LogP contribution in [0.15, 0.2) is 59.5 Å². The maximum absolute atomic E-state index is 13.3. The van der Waals surface area contributed by atoms with Crippen LogP contribution in [0.3, 0.4) is 0 Å². The van der Waals surface area contributed by atoms with Crippen molar-refractivity contribution < 1.29 is 18.0 Å². The van der Waals surface area contributed by atoms with Gasteiger partial charge >= 0.3 is 6.18 Å². The van der Waals surface area contributed by atoms with Crippen LogP contribution in [-0.4, -0.2) is 27.0 Å². The van der Waals surface area contributed by atoms with E-state index in [9.17, 15) is 22.8 Å². The largest absolute Gasteiger partial charge is 0.438 e. The van der Waals surface area contributed by atoms with Gasteiger partial charge in [-0.1, -0.05) is 30.3 Å². The first-order valence-electron chi connectivity index (χ1n) is 9.68. The van der Waals surface area contributed by atoms with E-state index in [2.05, 4.69) is 15.3 Å². The molecule has 0 radical (unpaired) electrons. The van der Waals surface area contributed by atoms with Gasteiger partial charge in [0.15, 0.2) is 0 Å². The Labute approximate surface area is 174 Å². The SMILES string of the molecule is CC(C(=O)NCCc1c[nH]c2ccccc12)n1c(=O)c(C(F)(F)F)nc2ccccc21. The van der Waals surface area contributed by atoms with Crippen molar-refractivity contribution in [3.8, 4) is 0 Å². The van der Waals surface area contributed by atoms with Crippen LogP contribution >= 0.6 is 0 Å². The van der Waals surface area contributed by atoms with Crippen LogP contribution in [0.1, 0.15) is 24.2 Å². The second kappa shape index (κ2) is 7.90. The number of H-pyrrole nitrogens is 1. The number of carbonyl (C=O) groups is 1. The van der Waals surface area contributed by atoms with Crippen LogP contribution in [0.4, 0.5) is 13.2 Å². The summed E-state index contributed by atoms with van der Waals surface area (Å²) in [7, 11) is 0. The lowest BCUT2D eigenvalue weighted by Gasteiger charge is -2.19. The summed E-state index contributed by atoms with van der Waals surface area (Å²) < 4.78 is 40.8. The van der Waals surface area contributed by atoms with Crippen molar-refractivity contribution in [2.24, 2.45) is 0 Å². The van der Waals surface area contributed by atoms with Crippen molar-refractivity contribution in [2.75, 3.05) is 6.54 Å².